The lowest BCUT2D eigenvalue weighted by molar-refractivity contribution is 0.429. The molecule has 1 aliphatic heterocycles. The van der Waals surface area contributed by atoms with Crippen LogP contribution in [0.2, 0.25) is 5.15 Å². The van der Waals surface area contributed by atoms with Crippen LogP contribution in [0.4, 0.5) is 0 Å². The normalized spacial score (nSPS) is 23.0. The van der Waals surface area contributed by atoms with Crippen LogP contribution in [-0.4, -0.2) is 24.6 Å². The molecule has 0 saturated carbocycles. The average Bonchev–Trinajstić information content (AvgIpc) is 2.20. The van der Waals surface area contributed by atoms with E-state index in [0.29, 0.717) is 11.2 Å². The van der Waals surface area contributed by atoms with Crippen LogP contribution in [0.15, 0.2) is 18.3 Å². The zero-order valence-electron chi connectivity index (χ0n) is 7.26. The van der Waals surface area contributed by atoms with Crippen molar-refractivity contribution in [3.05, 3.63) is 29.0 Å². The summed E-state index contributed by atoms with van der Waals surface area (Å²) in [6.45, 7) is 2.93. The summed E-state index contributed by atoms with van der Waals surface area (Å²) in [6, 6.07) is 4.23. The molecule has 1 aromatic heterocycles. The fourth-order valence-corrected chi connectivity index (χ4v) is 1.78. The molecule has 1 unspecified atom stereocenters. The van der Waals surface area contributed by atoms with Gasteiger partial charge in [0.25, 0.3) is 0 Å². The highest BCUT2D eigenvalue weighted by Crippen LogP contribution is 2.20. The first-order valence-electron chi connectivity index (χ1n) is 4.42. The molecule has 1 atom stereocenters. The van der Waals surface area contributed by atoms with E-state index >= 15 is 0 Å². The molecule has 3 nitrogen and oxygen atoms in total. The Morgan fingerprint density at radius 3 is 3.08 bits per heavy atom. The van der Waals surface area contributed by atoms with Crippen LogP contribution in [0.3, 0.4) is 0 Å². The molecule has 2 N–H and O–H groups in total. The molecule has 0 aliphatic carbocycles. The maximum Gasteiger partial charge on any atom is 0.133 e. The molecule has 1 aliphatic rings. The van der Waals surface area contributed by atoms with E-state index in [2.05, 4.69) is 15.6 Å². The minimum atomic E-state index is 0.301. The largest absolute Gasteiger partial charge is 0.314 e. The van der Waals surface area contributed by atoms with Crippen molar-refractivity contribution in [3.63, 3.8) is 0 Å². The summed E-state index contributed by atoms with van der Waals surface area (Å²) in [7, 11) is 0. The van der Waals surface area contributed by atoms with Crippen molar-refractivity contribution in [3.8, 4) is 0 Å². The molecular formula is C9H12ClN3. The number of nitrogens with one attached hydrogen (secondary N) is 2. The van der Waals surface area contributed by atoms with Gasteiger partial charge >= 0.3 is 0 Å². The summed E-state index contributed by atoms with van der Waals surface area (Å²) in [5, 5.41) is 7.30. The molecule has 2 heterocycles. The average molecular weight is 198 g/mol. The Kier molecular flexibility index (Phi) is 2.78. The van der Waals surface area contributed by atoms with E-state index in [1.165, 1.54) is 0 Å². The van der Waals surface area contributed by atoms with Crippen LogP contribution < -0.4 is 10.6 Å². The third kappa shape index (κ3) is 1.99. The molecule has 0 amide bonds. The van der Waals surface area contributed by atoms with Crippen LogP contribution in [0, 0.1) is 0 Å². The van der Waals surface area contributed by atoms with Gasteiger partial charge in [0.05, 0.1) is 0 Å². The Balaban J connectivity index is 2.18. The standard InChI is InChI=1S/C9H12ClN3/c10-9-7(2-1-3-13-9)8-6-11-4-5-12-8/h1-3,8,11-12H,4-6H2. The minimum Gasteiger partial charge on any atom is -0.314 e. The lowest BCUT2D eigenvalue weighted by Gasteiger charge is -2.25. The second-order valence-electron chi connectivity index (χ2n) is 3.09. The summed E-state index contributed by atoms with van der Waals surface area (Å²) in [6.07, 6.45) is 1.71. The molecular weight excluding hydrogens is 186 g/mol. The monoisotopic (exact) mass is 197 g/mol. The van der Waals surface area contributed by atoms with E-state index in [4.69, 9.17) is 11.6 Å². The Morgan fingerprint density at radius 1 is 1.46 bits per heavy atom. The van der Waals surface area contributed by atoms with Crippen molar-refractivity contribution < 1.29 is 0 Å². The molecule has 0 radical (unpaired) electrons. The predicted molar refractivity (Wildman–Crippen MR) is 52.9 cm³/mol. The van der Waals surface area contributed by atoms with Crippen LogP contribution in [0.1, 0.15) is 11.6 Å². The van der Waals surface area contributed by atoms with E-state index in [1.54, 1.807) is 6.20 Å². The van der Waals surface area contributed by atoms with Crippen molar-refractivity contribution in [2.75, 3.05) is 19.6 Å². The summed E-state index contributed by atoms with van der Waals surface area (Å²) in [5.74, 6) is 0. The van der Waals surface area contributed by atoms with Crippen LogP contribution >= 0.6 is 11.6 Å². The fourth-order valence-electron chi connectivity index (χ4n) is 1.53. The predicted octanol–water partition coefficient (Wildman–Crippen LogP) is 0.969. The van der Waals surface area contributed by atoms with Crippen molar-refractivity contribution in [1.82, 2.24) is 15.6 Å². The van der Waals surface area contributed by atoms with Crippen molar-refractivity contribution in [2.24, 2.45) is 0 Å². The van der Waals surface area contributed by atoms with E-state index in [0.717, 1.165) is 25.2 Å². The first kappa shape index (κ1) is 8.94. The second kappa shape index (κ2) is 4.05. The van der Waals surface area contributed by atoms with Crippen LogP contribution in [0.5, 0.6) is 0 Å². The Labute approximate surface area is 82.5 Å². The number of hydrogen-bond acceptors (Lipinski definition) is 3. The highest BCUT2D eigenvalue weighted by molar-refractivity contribution is 6.30. The summed E-state index contributed by atoms with van der Waals surface area (Å²) < 4.78 is 0. The first-order chi connectivity index (χ1) is 6.38. The quantitative estimate of drug-likeness (QED) is 0.659. The maximum absolute atomic E-state index is 5.98. The topological polar surface area (TPSA) is 37.0 Å². The van der Waals surface area contributed by atoms with Gasteiger partial charge in [-0.2, -0.15) is 0 Å². The van der Waals surface area contributed by atoms with Gasteiger partial charge < -0.3 is 10.6 Å². The lowest BCUT2D eigenvalue weighted by Crippen LogP contribution is -2.42. The van der Waals surface area contributed by atoms with Gasteiger partial charge in [-0.05, 0) is 6.07 Å². The molecule has 70 valence electrons. The SMILES string of the molecule is Clc1ncccc1C1CNCCN1. The van der Waals surface area contributed by atoms with Gasteiger partial charge in [0.15, 0.2) is 0 Å². The molecule has 0 bridgehead atoms. The summed E-state index contributed by atoms with van der Waals surface area (Å²) in [5.41, 5.74) is 1.08. The minimum absolute atomic E-state index is 0.301. The van der Waals surface area contributed by atoms with Gasteiger partial charge in [-0.15, -0.1) is 0 Å². The summed E-state index contributed by atoms with van der Waals surface area (Å²) in [4.78, 5) is 4.05. The van der Waals surface area contributed by atoms with Crippen LogP contribution in [0.25, 0.3) is 0 Å². The molecule has 0 spiro atoms. The van der Waals surface area contributed by atoms with E-state index in [1.807, 2.05) is 12.1 Å². The molecule has 13 heavy (non-hydrogen) atoms. The lowest BCUT2D eigenvalue weighted by atomic mass is 10.1. The number of rotatable bonds is 1. The van der Waals surface area contributed by atoms with Gasteiger partial charge in [0.1, 0.15) is 5.15 Å². The number of halogens is 1. The summed E-state index contributed by atoms with van der Waals surface area (Å²) >= 11 is 5.98. The smallest absolute Gasteiger partial charge is 0.133 e. The Bertz CT molecular complexity index is 284. The van der Waals surface area contributed by atoms with Crippen LogP contribution in [-0.2, 0) is 0 Å². The molecule has 1 fully saturated rings. The maximum atomic E-state index is 5.98. The van der Waals surface area contributed by atoms with Crippen molar-refractivity contribution in [2.45, 2.75) is 6.04 Å². The van der Waals surface area contributed by atoms with Gasteiger partial charge in [-0.1, -0.05) is 17.7 Å². The third-order valence-corrected chi connectivity index (χ3v) is 2.52. The number of pyridine rings is 1. The number of piperazine rings is 1. The molecule has 1 aromatic rings. The van der Waals surface area contributed by atoms with Gasteiger partial charge in [0, 0.05) is 37.4 Å². The Hall–Kier alpha value is -0.640. The number of nitrogens with zero attached hydrogens (tertiary/aromatic N) is 1. The highest BCUT2D eigenvalue weighted by Gasteiger charge is 2.16. The molecule has 0 aromatic carbocycles. The molecule has 2 rings (SSSR count). The highest BCUT2D eigenvalue weighted by atomic mass is 35.5. The third-order valence-electron chi connectivity index (χ3n) is 2.20. The molecule has 4 heteroatoms. The van der Waals surface area contributed by atoms with Gasteiger partial charge in [-0.3, -0.25) is 0 Å². The second-order valence-corrected chi connectivity index (χ2v) is 3.45. The zero-order valence-corrected chi connectivity index (χ0v) is 8.01. The molecule has 1 saturated heterocycles. The number of aromatic nitrogens is 1. The number of hydrogen-bond donors (Lipinski definition) is 2. The van der Waals surface area contributed by atoms with Gasteiger partial charge in [0.2, 0.25) is 0 Å². The zero-order chi connectivity index (χ0) is 9.10. The van der Waals surface area contributed by atoms with E-state index < -0.39 is 0 Å². The van der Waals surface area contributed by atoms with Crippen molar-refractivity contribution >= 4 is 11.6 Å². The van der Waals surface area contributed by atoms with E-state index in [9.17, 15) is 0 Å². The van der Waals surface area contributed by atoms with Gasteiger partial charge in [-0.25, -0.2) is 4.98 Å². The van der Waals surface area contributed by atoms with Crippen molar-refractivity contribution in [1.29, 1.82) is 0 Å². The Morgan fingerprint density at radius 2 is 2.38 bits per heavy atom. The van der Waals surface area contributed by atoms with E-state index in [-0.39, 0.29) is 0 Å². The first-order valence-corrected chi connectivity index (χ1v) is 4.80. The fraction of sp³-hybridized carbons (Fsp3) is 0.444.